The molecule has 2 aromatic carbocycles. The van der Waals surface area contributed by atoms with Gasteiger partial charge < -0.3 is 14.4 Å². The number of benzene rings is 2. The number of halogens is 1. The van der Waals surface area contributed by atoms with Crippen LogP contribution in [0.25, 0.3) is 5.69 Å². The number of methoxy groups -OCH3 is 2. The van der Waals surface area contributed by atoms with E-state index in [1.54, 1.807) is 38.2 Å². The molecule has 4 rings (SSSR count). The van der Waals surface area contributed by atoms with Gasteiger partial charge in [-0.05, 0) is 48.7 Å². The maximum atomic E-state index is 13.2. The number of aromatic nitrogens is 2. The van der Waals surface area contributed by atoms with Crippen LogP contribution in [0.1, 0.15) is 27.3 Å². The minimum atomic E-state index is -0.413. The fourth-order valence-corrected chi connectivity index (χ4v) is 3.98. The molecule has 0 fully saturated rings. The normalized spacial score (nSPS) is 13.0. The first kappa shape index (κ1) is 20.9. The predicted octanol–water partition coefficient (Wildman–Crippen LogP) is 3.41. The molecule has 1 aromatic heterocycles. The van der Waals surface area contributed by atoms with Gasteiger partial charge in [0, 0.05) is 24.8 Å². The van der Waals surface area contributed by atoms with Crippen LogP contribution in [0.2, 0.25) is 5.02 Å². The minimum absolute atomic E-state index is 0.130. The monoisotopic (exact) mass is 439 g/mol. The van der Waals surface area contributed by atoms with E-state index in [4.69, 9.17) is 21.1 Å². The topological polar surface area (TPSA) is 73.7 Å². The Bertz CT molecular complexity index is 1220. The molecule has 0 bridgehead atoms. The second-order valence-corrected chi connectivity index (χ2v) is 7.72. The standard InChI is InChI=1S/C23H22ClN3O4/c1-14-10-19(28)22(25-27(14)18-7-5-4-6-17(18)24)23(29)26-9-8-15-11-20(30-2)21(31-3)12-16(15)13-26/h4-7,10-12H,8-9,13H2,1-3H3. The van der Waals surface area contributed by atoms with Crippen molar-refractivity contribution in [2.24, 2.45) is 0 Å². The molecule has 0 atom stereocenters. The van der Waals surface area contributed by atoms with Crippen LogP contribution in [0.5, 0.6) is 11.5 Å². The molecular formula is C23H22ClN3O4. The molecule has 0 radical (unpaired) electrons. The van der Waals surface area contributed by atoms with Gasteiger partial charge in [0.05, 0.1) is 24.9 Å². The highest BCUT2D eigenvalue weighted by atomic mass is 35.5. The number of carbonyl (C=O) groups is 1. The summed E-state index contributed by atoms with van der Waals surface area (Å²) < 4.78 is 12.3. The highest BCUT2D eigenvalue weighted by Gasteiger charge is 2.27. The molecule has 0 N–H and O–H groups in total. The molecule has 1 aliphatic heterocycles. The smallest absolute Gasteiger partial charge is 0.278 e. The number of nitrogens with zero attached hydrogens (tertiary/aromatic N) is 3. The number of hydrogen-bond donors (Lipinski definition) is 0. The summed E-state index contributed by atoms with van der Waals surface area (Å²) in [5, 5.41) is 4.86. The zero-order chi connectivity index (χ0) is 22.1. The molecule has 1 aliphatic rings. The fourth-order valence-electron chi connectivity index (χ4n) is 3.77. The summed E-state index contributed by atoms with van der Waals surface area (Å²) in [4.78, 5) is 27.5. The Morgan fingerprint density at radius 3 is 2.42 bits per heavy atom. The molecule has 0 saturated heterocycles. The Morgan fingerprint density at radius 2 is 1.74 bits per heavy atom. The molecule has 160 valence electrons. The van der Waals surface area contributed by atoms with Crippen LogP contribution >= 0.6 is 11.6 Å². The lowest BCUT2D eigenvalue weighted by Crippen LogP contribution is -2.39. The number of carbonyl (C=O) groups excluding carboxylic acids is 1. The first-order valence-corrected chi connectivity index (χ1v) is 10.2. The van der Waals surface area contributed by atoms with Crippen LogP contribution in [0.4, 0.5) is 0 Å². The molecule has 0 saturated carbocycles. The van der Waals surface area contributed by atoms with E-state index in [9.17, 15) is 9.59 Å². The molecule has 1 amide bonds. The van der Waals surface area contributed by atoms with Crippen molar-refractivity contribution in [2.75, 3.05) is 20.8 Å². The van der Waals surface area contributed by atoms with Crippen molar-refractivity contribution in [1.29, 1.82) is 0 Å². The molecule has 7 nitrogen and oxygen atoms in total. The molecule has 0 spiro atoms. The number of rotatable bonds is 4. The summed E-state index contributed by atoms with van der Waals surface area (Å²) >= 11 is 6.30. The van der Waals surface area contributed by atoms with Gasteiger partial charge in [0.2, 0.25) is 5.43 Å². The Balaban J connectivity index is 1.69. The van der Waals surface area contributed by atoms with Gasteiger partial charge in [-0.2, -0.15) is 5.10 Å². The van der Waals surface area contributed by atoms with E-state index >= 15 is 0 Å². The van der Waals surface area contributed by atoms with Crippen LogP contribution in [-0.2, 0) is 13.0 Å². The van der Waals surface area contributed by atoms with Gasteiger partial charge in [0.1, 0.15) is 0 Å². The van der Waals surface area contributed by atoms with E-state index in [0.717, 1.165) is 11.1 Å². The Kier molecular flexibility index (Phi) is 5.69. The molecule has 8 heteroatoms. The summed E-state index contributed by atoms with van der Waals surface area (Å²) in [6.07, 6.45) is 0.645. The average Bonchev–Trinajstić information content (AvgIpc) is 2.78. The Labute approximate surface area is 184 Å². The lowest BCUT2D eigenvalue weighted by atomic mass is 9.98. The van der Waals surface area contributed by atoms with E-state index < -0.39 is 11.3 Å². The summed E-state index contributed by atoms with van der Waals surface area (Å²) in [6, 6.07) is 12.4. The van der Waals surface area contributed by atoms with Crippen molar-refractivity contribution in [3.8, 4) is 17.2 Å². The fraction of sp³-hybridized carbons (Fsp3) is 0.261. The quantitative estimate of drug-likeness (QED) is 0.622. The van der Waals surface area contributed by atoms with Gasteiger partial charge in [0.25, 0.3) is 5.91 Å². The second-order valence-electron chi connectivity index (χ2n) is 7.31. The van der Waals surface area contributed by atoms with E-state index in [1.807, 2.05) is 24.3 Å². The summed E-state index contributed by atoms with van der Waals surface area (Å²) in [5.41, 5.74) is 2.70. The highest BCUT2D eigenvalue weighted by molar-refractivity contribution is 6.32. The van der Waals surface area contributed by atoms with Crippen molar-refractivity contribution in [3.63, 3.8) is 0 Å². The number of fused-ring (bicyclic) bond motifs is 1. The zero-order valence-corrected chi connectivity index (χ0v) is 18.3. The van der Waals surface area contributed by atoms with E-state index in [1.165, 1.54) is 10.7 Å². The maximum absolute atomic E-state index is 13.2. The summed E-state index contributed by atoms with van der Waals surface area (Å²) in [5.74, 6) is 0.847. The predicted molar refractivity (Wildman–Crippen MR) is 118 cm³/mol. The van der Waals surface area contributed by atoms with Crippen LogP contribution in [0.15, 0.2) is 47.3 Å². The van der Waals surface area contributed by atoms with Crippen LogP contribution < -0.4 is 14.9 Å². The number of aryl methyl sites for hydroxylation is 1. The summed E-state index contributed by atoms with van der Waals surface area (Å²) in [6.45, 7) is 2.58. The number of para-hydroxylation sites is 1. The molecule has 31 heavy (non-hydrogen) atoms. The third-order valence-corrected chi connectivity index (χ3v) is 5.72. The van der Waals surface area contributed by atoms with E-state index in [2.05, 4.69) is 5.10 Å². The lowest BCUT2D eigenvalue weighted by molar-refractivity contribution is 0.0725. The zero-order valence-electron chi connectivity index (χ0n) is 17.5. The molecule has 0 unspecified atom stereocenters. The van der Waals surface area contributed by atoms with Crippen LogP contribution in [-0.4, -0.2) is 41.4 Å². The van der Waals surface area contributed by atoms with Crippen molar-refractivity contribution >= 4 is 17.5 Å². The van der Waals surface area contributed by atoms with Gasteiger partial charge in [-0.1, -0.05) is 23.7 Å². The third kappa shape index (κ3) is 3.88. The average molecular weight is 440 g/mol. The van der Waals surface area contributed by atoms with Gasteiger partial charge in [0.15, 0.2) is 17.2 Å². The SMILES string of the molecule is COc1cc2c(cc1OC)CN(C(=O)c1nn(-c3ccccc3Cl)c(C)cc1=O)CC2. The maximum Gasteiger partial charge on any atom is 0.278 e. The summed E-state index contributed by atoms with van der Waals surface area (Å²) in [7, 11) is 3.17. The largest absolute Gasteiger partial charge is 0.493 e. The van der Waals surface area contributed by atoms with Gasteiger partial charge >= 0.3 is 0 Å². The van der Waals surface area contributed by atoms with Crippen LogP contribution in [0, 0.1) is 6.92 Å². The van der Waals surface area contributed by atoms with Gasteiger partial charge in [-0.3, -0.25) is 9.59 Å². The Hall–Kier alpha value is -3.32. The molecular weight excluding hydrogens is 418 g/mol. The third-order valence-electron chi connectivity index (χ3n) is 5.40. The van der Waals surface area contributed by atoms with Crippen molar-refractivity contribution < 1.29 is 14.3 Å². The number of ether oxygens (including phenoxy) is 2. The highest BCUT2D eigenvalue weighted by Crippen LogP contribution is 2.33. The number of amides is 1. The van der Waals surface area contributed by atoms with E-state index in [-0.39, 0.29) is 5.69 Å². The molecule has 0 aliphatic carbocycles. The number of hydrogen-bond acceptors (Lipinski definition) is 5. The minimum Gasteiger partial charge on any atom is -0.493 e. The van der Waals surface area contributed by atoms with E-state index in [0.29, 0.717) is 47.4 Å². The van der Waals surface area contributed by atoms with Crippen molar-refractivity contribution in [1.82, 2.24) is 14.7 Å². The van der Waals surface area contributed by atoms with Crippen molar-refractivity contribution in [3.05, 3.63) is 80.2 Å². The van der Waals surface area contributed by atoms with Gasteiger partial charge in [-0.15, -0.1) is 0 Å². The molecule has 2 heterocycles. The Morgan fingerprint density at radius 1 is 1.06 bits per heavy atom. The molecule has 3 aromatic rings. The lowest BCUT2D eigenvalue weighted by Gasteiger charge is -2.29. The second kappa shape index (κ2) is 8.43. The first-order valence-electron chi connectivity index (χ1n) is 9.82. The van der Waals surface area contributed by atoms with Gasteiger partial charge in [-0.25, -0.2) is 4.68 Å². The first-order chi connectivity index (χ1) is 14.9. The van der Waals surface area contributed by atoms with Crippen molar-refractivity contribution in [2.45, 2.75) is 19.9 Å². The van der Waals surface area contributed by atoms with Crippen LogP contribution in [0.3, 0.4) is 0 Å².